The molecule has 1 N–H and O–H groups in total. The van der Waals surface area contributed by atoms with E-state index in [0.29, 0.717) is 37.8 Å². The van der Waals surface area contributed by atoms with E-state index in [1.165, 1.54) is 0 Å². The number of hydrogen-bond acceptors (Lipinski definition) is 6. The summed E-state index contributed by atoms with van der Waals surface area (Å²) in [6.07, 6.45) is 2.52. The summed E-state index contributed by atoms with van der Waals surface area (Å²) in [5, 5.41) is 3.09. The van der Waals surface area contributed by atoms with Crippen molar-refractivity contribution in [1.82, 2.24) is 10.2 Å². The summed E-state index contributed by atoms with van der Waals surface area (Å²) in [6, 6.07) is 9.44. The molecule has 0 spiro atoms. The van der Waals surface area contributed by atoms with Crippen LogP contribution in [0.2, 0.25) is 0 Å². The quantitative estimate of drug-likeness (QED) is 0.745. The predicted octanol–water partition coefficient (Wildman–Crippen LogP) is 2.67. The van der Waals surface area contributed by atoms with E-state index >= 15 is 0 Å². The second-order valence-corrected chi connectivity index (χ2v) is 8.69. The van der Waals surface area contributed by atoms with Crippen LogP contribution >= 0.6 is 0 Å². The molecule has 8 nitrogen and oxygen atoms in total. The molecule has 2 amide bonds. The lowest BCUT2D eigenvalue weighted by Crippen LogP contribution is -2.39. The number of carbonyl (C=O) groups is 2. The van der Waals surface area contributed by atoms with Crippen molar-refractivity contribution in [1.29, 1.82) is 0 Å². The lowest BCUT2D eigenvalue weighted by Gasteiger charge is -2.26. The Morgan fingerprint density at radius 3 is 2.66 bits per heavy atom. The highest BCUT2D eigenvalue weighted by Crippen LogP contribution is 2.36. The third-order valence-corrected chi connectivity index (χ3v) is 6.47. The molecule has 0 radical (unpaired) electrons. The number of carbonyl (C=O) groups excluding carboxylic acids is 2. The maximum absolute atomic E-state index is 13.0. The first-order valence-electron chi connectivity index (χ1n) is 11.4. The molecule has 32 heavy (non-hydrogen) atoms. The van der Waals surface area contributed by atoms with E-state index in [1.807, 2.05) is 37.3 Å². The number of aryl methyl sites for hydroxylation is 1. The second-order valence-electron chi connectivity index (χ2n) is 8.69. The predicted molar refractivity (Wildman–Crippen MR) is 118 cm³/mol. The minimum absolute atomic E-state index is 0.0150. The van der Waals surface area contributed by atoms with Gasteiger partial charge in [-0.2, -0.15) is 0 Å². The molecule has 4 heterocycles. The largest absolute Gasteiger partial charge is 0.486 e. The highest BCUT2D eigenvalue weighted by atomic mass is 16.6. The summed E-state index contributed by atoms with van der Waals surface area (Å²) in [4.78, 5) is 29.7. The van der Waals surface area contributed by atoms with Gasteiger partial charge < -0.3 is 24.1 Å². The number of nitrogens with zero attached hydrogens (tertiary/aromatic N) is 2. The first-order chi connectivity index (χ1) is 15.6. The zero-order chi connectivity index (χ0) is 22.1. The summed E-state index contributed by atoms with van der Waals surface area (Å²) >= 11 is 0. The van der Waals surface area contributed by atoms with Gasteiger partial charge in [0.05, 0.1) is 12.0 Å². The molecule has 1 aromatic heterocycles. The van der Waals surface area contributed by atoms with E-state index in [2.05, 4.69) is 10.2 Å². The lowest BCUT2D eigenvalue weighted by atomic mass is 10.1. The van der Waals surface area contributed by atoms with Gasteiger partial charge in [0.2, 0.25) is 11.8 Å². The van der Waals surface area contributed by atoms with Crippen LogP contribution in [0, 0.1) is 12.8 Å². The van der Waals surface area contributed by atoms with Crippen LogP contribution in [0.4, 0.5) is 5.69 Å². The molecular weight excluding hydrogens is 410 g/mol. The normalized spacial score (nSPS) is 21.7. The standard InChI is InChI=1S/C24H29N3O5/c1-16-4-6-20(32-16)19(26-8-2-3-9-26)14-25-24(29)17-12-23(28)27(15-17)18-5-7-21-22(13-18)31-11-10-30-21/h4-7,13,17,19H,2-3,8-12,14-15H2,1H3,(H,25,29)/t17-,19+/m0/s1. The van der Waals surface area contributed by atoms with Crippen LogP contribution in [0.5, 0.6) is 11.5 Å². The Morgan fingerprint density at radius 2 is 1.91 bits per heavy atom. The van der Waals surface area contributed by atoms with Gasteiger partial charge in [0.1, 0.15) is 24.7 Å². The fraction of sp³-hybridized carbons (Fsp3) is 0.500. The minimum Gasteiger partial charge on any atom is -0.486 e. The number of amides is 2. The number of fused-ring (bicyclic) bond motifs is 1. The fourth-order valence-electron chi connectivity index (χ4n) is 4.77. The number of furan rings is 1. The van der Waals surface area contributed by atoms with Crippen molar-refractivity contribution >= 4 is 17.5 Å². The molecule has 170 valence electrons. The molecule has 2 atom stereocenters. The Bertz CT molecular complexity index is 997. The molecular formula is C24H29N3O5. The van der Waals surface area contributed by atoms with Crippen LogP contribution in [0.1, 0.15) is 36.8 Å². The zero-order valence-corrected chi connectivity index (χ0v) is 18.3. The van der Waals surface area contributed by atoms with Gasteiger partial charge in [0, 0.05) is 31.3 Å². The highest BCUT2D eigenvalue weighted by Gasteiger charge is 2.36. The third-order valence-electron chi connectivity index (χ3n) is 6.47. The molecule has 0 saturated carbocycles. The zero-order valence-electron chi connectivity index (χ0n) is 18.3. The molecule has 8 heteroatoms. The monoisotopic (exact) mass is 439 g/mol. The van der Waals surface area contributed by atoms with Gasteiger partial charge in [-0.3, -0.25) is 14.5 Å². The van der Waals surface area contributed by atoms with Crippen molar-refractivity contribution in [3.63, 3.8) is 0 Å². The Kier molecular flexibility index (Phi) is 5.78. The van der Waals surface area contributed by atoms with E-state index in [4.69, 9.17) is 13.9 Å². The SMILES string of the molecule is Cc1ccc([C@@H](CNC(=O)[C@H]2CC(=O)N(c3ccc4c(c3)OCCO4)C2)N2CCCC2)o1. The van der Waals surface area contributed by atoms with Crippen LogP contribution in [0.15, 0.2) is 34.7 Å². The molecule has 5 rings (SSSR count). The Morgan fingerprint density at radius 1 is 1.12 bits per heavy atom. The van der Waals surface area contributed by atoms with Gasteiger partial charge in [-0.15, -0.1) is 0 Å². The van der Waals surface area contributed by atoms with Crippen LogP contribution in [-0.2, 0) is 9.59 Å². The minimum atomic E-state index is -0.381. The van der Waals surface area contributed by atoms with Gasteiger partial charge in [0.25, 0.3) is 0 Å². The Labute approximate surface area is 187 Å². The Hall–Kier alpha value is -3.00. The smallest absolute Gasteiger partial charge is 0.227 e. The van der Waals surface area contributed by atoms with E-state index in [1.54, 1.807) is 4.90 Å². The topological polar surface area (TPSA) is 84.2 Å². The van der Waals surface area contributed by atoms with E-state index in [9.17, 15) is 9.59 Å². The molecule has 2 aromatic rings. The summed E-state index contributed by atoms with van der Waals surface area (Å²) < 4.78 is 17.1. The second kappa shape index (κ2) is 8.86. The first kappa shape index (κ1) is 20.9. The van der Waals surface area contributed by atoms with Crippen LogP contribution in [0.3, 0.4) is 0 Å². The van der Waals surface area contributed by atoms with Crippen LogP contribution in [0.25, 0.3) is 0 Å². The lowest BCUT2D eigenvalue weighted by molar-refractivity contribution is -0.126. The van der Waals surface area contributed by atoms with Crippen molar-refractivity contribution in [2.45, 2.75) is 32.2 Å². The number of nitrogens with one attached hydrogen (secondary N) is 1. The van der Waals surface area contributed by atoms with Gasteiger partial charge in [-0.25, -0.2) is 0 Å². The molecule has 0 aliphatic carbocycles. The number of hydrogen-bond donors (Lipinski definition) is 1. The van der Waals surface area contributed by atoms with Crippen molar-refractivity contribution < 1.29 is 23.5 Å². The van der Waals surface area contributed by atoms with Crippen molar-refractivity contribution in [2.24, 2.45) is 5.92 Å². The van der Waals surface area contributed by atoms with Gasteiger partial charge in [0.15, 0.2) is 11.5 Å². The molecule has 0 unspecified atom stereocenters. The van der Waals surface area contributed by atoms with Crippen molar-refractivity contribution in [3.05, 3.63) is 41.9 Å². The van der Waals surface area contributed by atoms with Crippen molar-refractivity contribution in [3.8, 4) is 11.5 Å². The average Bonchev–Trinajstić information content (AvgIpc) is 3.56. The van der Waals surface area contributed by atoms with E-state index < -0.39 is 0 Å². The van der Waals surface area contributed by atoms with Crippen LogP contribution < -0.4 is 19.7 Å². The molecule has 1 aromatic carbocycles. The summed E-state index contributed by atoms with van der Waals surface area (Å²) in [5.41, 5.74) is 0.732. The van der Waals surface area contributed by atoms with Gasteiger partial charge in [-0.1, -0.05) is 0 Å². The Balaban J connectivity index is 1.23. The first-order valence-corrected chi connectivity index (χ1v) is 11.4. The fourth-order valence-corrected chi connectivity index (χ4v) is 4.77. The molecule has 3 aliphatic rings. The average molecular weight is 440 g/mol. The highest BCUT2D eigenvalue weighted by molar-refractivity contribution is 6.00. The third kappa shape index (κ3) is 4.19. The maximum atomic E-state index is 13.0. The molecule has 3 aliphatic heterocycles. The summed E-state index contributed by atoms with van der Waals surface area (Å²) in [6.45, 7) is 5.77. The number of rotatable bonds is 6. The van der Waals surface area contributed by atoms with Gasteiger partial charge >= 0.3 is 0 Å². The number of anilines is 1. The molecule has 2 fully saturated rings. The van der Waals surface area contributed by atoms with Crippen LogP contribution in [-0.4, -0.2) is 56.1 Å². The number of ether oxygens (including phenoxy) is 2. The van der Waals surface area contributed by atoms with E-state index in [-0.39, 0.29) is 30.2 Å². The maximum Gasteiger partial charge on any atom is 0.227 e. The van der Waals surface area contributed by atoms with Crippen molar-refractivity contribution in [2.75, 3.05) is 44.3 Å². The molecule has 0 bridgehead atoms. The summed E-state index contributed by atoms with van der Waals surface area (Å²) in [5.74, 6) is 2.54. The molecule has 2 saturated heterocycles. The van der Waals surface area contributed by atoms with Gasteiger partial charge in [-0.05, 0) is 57.1 Å². The van der Waals surface area contributed by atoms with E-state index in [0.717, 1.165) is 43.1 Å². The number of benzene rings is 1. The summed E-state index contributed by atoms with van der Waals surface area (Å²) in [7, 11) is 0. The number of likely N-dealkylation sites (tertiary alicyclic amines) is 1.